The maximum absolute atomic E-state index is 9.97. The monoisotopic (exact) mass is 153 g/mol. The second kappa shape index (κ2) is 4.30. The second-order valence-corrected chi connectivity index (χ2v) is 3.36. The maximum atomic E-state index is 9.97. The first-order valence-corrected chi connectivity index (χ1v) is 4.41. The lowest BCUT2D eigenvalue weighted by Gasteiger charge is -2.23. The van der Waals surface area contributed by atoms with E-state index < -0.39 is 0 Å². The van der Waals surface area contributed by atoms with E-state index in [9.17, 15) is 4.79 Å². The Hall–Kier alpha value is -0.620. The van der Waals surface area contributed by atoms with E-state index in [-0.39, 0.29) is 6.04 Å². The Bertz CT molecular complexity index is 155. The lowest BCUT2D eigenvalue weighted by Crippen LogP contribution is -2.17. The molecule has 0 amide bonds. The molecule has 1 fully saturated rings. The van der Waals surface area contributed by atoms with Gasteiger partial charge in [0.2, 0.25) is 6.08 Å². The third-order valence-electron chi connectivity index (χ3n) is 2.59. The van der Waals surface area contributed by atoms with Gasteiger partial charge in [-0.25, -0.2) is 9.79 Å². The number of carbonyl (C=O) groups excluding carboxylic acids is 1. The van der Waals surface area contributed by atoms with Crippen LogP contribution >= 0.6 is 0 Å². The molecular weight excluding hydrogens is 138 g/mol. The predicted octanol–water partition coefficient (Wildman–Crippen LogP) is 2.29. The number of hydrogen-bond acceptors (Lipinski definition) is 2. The first kappa shape index (κ1) is 8.48. The van der Waals surface area contributed by atoms with Gasteiger partial charge in [0.15, 0.2) is 0 Å². The van der Waals surface area contributed by atoms with Gasteiger partial charge in [-0.2, -0.15) is 0 Å². The van der Waals surface area contributed by atoms with Crippen LogP contribution in [-0.2, 0) is 4.79 Å². The molecule has 62 valence electrons. The zero-order valence-corrected chi connectivity index (χ0v) is 7.05. The minimum Gasteiger partial charge on any atom is -0.211 e. The minimum absolute atomic E-state index is 0.202. The molecule has 0 bridgehead atoms. The molecule has 1 aliphatic carbocycles. The van der Waals surface area contributed by atoms with E-state index in [0.29, 0.717) is 5.92 Å². The van der Waals surface area contributed by atoms with Crippen LogP contribution in [0.25, 0.3) is 0 Å². The molecular formula is C9H15NO. The standard InChI is InChI=1S/C9H15NO/c1-8(10-7-11)9-5-3-2-4-6-9/h8-9H,2-6H2,1H3/t8-/m1/s1. The SMILES string of the molecule is C[C@@H](N=C=O)C1CCCCC1. The predicted molar refractivity (Wildman–Crippen MR) is 44.2 cm³/mol. The van der Waals surface area contributed by atoms with Crippen molar-refractivity contribution in [1.29, 1.82) is 0 Å². The molecule has 0 saturated heterocycles. The Morgan fingerprint density at radius 1 is 1.36 bits per heavy atom. The van der Waals surface area contributed by atoms with Gasteiger partial charge in [0.25, 0.3) is 0 Å². The number of aliphatic imine (C=N–C) groups is 1. The lowest BCUT2D eigenvalue weighted by molar-refractivity contribution is 0.317. The molecule has 0 aromatic carbocycles. The highest BCUT2D eigenvalue weighted by Gasteiger charge is 2.18. The van der Waals surface area contributed by atoms with Gasteiger partial charge in [0, 0.05) is 0 Å². The molecule has 0 radical (unpaired) electrons. The van der Waals surface area contributed by atoms with Crippen molar-refractivity contribution in [1.82, 2.24) is 0 Å². The lowest BCUT2D eigenvalue weighted by atomic mass is 9.85. The number of nitrogens with zero attached hydrogens (tertiary/aromatic N) is 1. The largest absolute Gasteiger partial charge is 0.235 e. The van der Waals surface area contributed by atoms with E-state index >= 15 is 0 Å². The van der Waals surface area contributed by atoms with Crippen LogP contribution in [0, 0.1) is 5.92 Å². The summed E-state index contributed by atoms with van der Waals surface area (Å²) in [5.41, 5.74) is 0. The van der Waals surface area contributed by atoms with Gasteiger partial charge in [-0.1, -0.05) is 19.3 Å². The fraction of sp³-hybridized carbons (Fsp3) is 0.889. The van der Waals surface area contributed by atoms with Crippen LogP contribution in [0.1, 0.15) is 39.0 Å². The van der Waals surface area contributed by atoms with Gasteiger partial charge >= 0.3 is 0 Å². The molecule has 0 unspecified atom stereocenters. The molecule has 11 heavy (non-hydrogen) atoms. The van der Waals surface area contributed by atoms with Crippen LogP contribution in [0.2, 0.25) is 0 Å². The number of isocyanates is 1. The fourth-order valence-electron chi connectivity index (χ4n) is 1.81. The molecule has 0 aliphatic heterocycles. The summed E-state index contributed by atoms with van der Waals surface area (Å²) in [6.07, 6.45) is 8.10. The van der Waals surface area contributed by atoms with E-state index in [4.69, 9.17) is 0 Å². The normalized spacial score (nSPS) is 22.3. The molecule has 1 rings (SSSR count). The summed E-state index contributed by atoms with van der Waals surface area (Å²) < 4.78 is 0. The van der Waals surface area contributed by atoms with Crippen LogP contribution in [0.3, 0.4) is 0 Å². The maximum Gasteiger partial charge on any atom is 0.235 e. The molecule has 0 spiro atoms. The summed E-state index contributed by atoms with van der Waals surface area (Å²) in [4.78, 5) is 13.7. The summed E-state index contributed by atoms with van der Waals surface area (Å²) in [7, 11) is 0. The highest BCUT2D eigenvalue weighted by Crippen LogP contribution is 2.27. The first-order chi connectivity index (χ1) is 5.34. The van der Waals surface area contributed by atoms with E-state index in [1.54, 1.807) is 6.08 Å². The molecule has 2 heteroatoms. The van der Waals surface area contributed by atoms with Crippen molar-refractivity contribution >= 4 is 6.08 Å². The van der Waals surface area contributed by atoms with Gasteiger partial charge in [-0.15, -0.1) is 0 Å². The highest BCUT2D eigenvalue weighted by molar-refractivity contribution is 5.33. The highest BCUT2D eigenvalue weighted by atomic mass is 16.1. The van der Waals surface area contributed by atoms with Crippen LogP contribution < -0.4 is 0 Å². The molecule has 2 nitrogen and oxygen atoms in total. The summed E-state index contributed by atoms with van der Waals surface area (Å²) in [6.45, 7) is 2.01. The third kappa shape index (κ3) is 2.47. The second-order valence-electron chi connectivity index (χ2n) is 3.36. The van der Waals surface area contributed by atoms with Crippen LogP contribution in [0.15, 0.2) is 4.99 Å². The van der Waals surface area contributed by atoms with E-state index in [2.05, 4.69) is 4.99 Å². The van der Waals surface area contributed by atoms with Crippen molar-refractivity contribution in [3.63, 3.8) is 0 Å². The molecule has 0 N–H and O–H groups in total. The average Bonchev–Trinajstić information content (AvgIpc) is 2.07. The van der Waals surface area contributed by atoms with Gasteiger partial charge < -0.3 is 0 Å². The Balaban J connectivity index is 2.38. The molecule has 0 heterocycles. The summed E-state index contributed by atoms with van der Waals surface area (Å²) in [5.74, 6) is 0.644. The zero-order chi connectivity index (χ0) is 8.10. The van der Waals surface area contributed by atoms with Gasteiger partial charge in [-0.3, -0.25) is 0 Å². The summed E-state index contributed by atoms with van der Waals surface area (Å²) in [5, 5.41) is 0. The van der Waals surface area contributed by atoms with E-state index in [0.717, 1.165) is 0 Å². The average molecular weight is 153 g/mol. The fourth-order valence-corrected chi connectivity index (χ4v) is 1.81. The van der Waals surface area contributed by atoms with E-state index in [1.165, 1.54) is 32.1 Å². The van der Waals surface area contributed by atoms with Crippen molar-refractivity contribution in [2.24, 2.45) is 10.9 Å². The topological polar surface area (TPSA) is 29.4 Å². The smallest absolute Gasteiger partial charge is 0.211 e. The van der Waals surface area contributed by atoms with Crippen molar-refractivity contribution in [3.05, 3.63) is 0 Å². The summed E-state index contributed by atoms with van der Waals surface area (Å²) in [6, 6.07) is 0.202. The van der Waals surface area contributed by atoms with Crippen molar-refractivity contribution in [2.45, 2.75) is 45.1 Å². The molecule has 1 atom stereocenters. The minimum atomic E-state index is 0.202. The Morgan fingerprint density at radius 2 is 2.00 bits per heavy atom. The Morgan fingerprint density at radius 3 is 2.55 bits per heavy atom. The molecule has 1 saturated carbocycles. The van der Waals surface area contributed by atoms with Gasteiger partial charge in [-0.05, 0) is 25.7 Å². The van der Waals surface area contributed by atoms with Gasteiger partial charge in [0.1, 0.15) is 0 Å². The summed E-state index contributed by atoms with van der Waals surface area (Å²) >= 11 is 0. The van der Waals surface area contributed by atoms with Crippen molar-refractivity contribution in [3.8, 4) is 0 Å². The van der Waals surface area contributed by atoms with Crippen molar-refractivity contribution in [2.75, 3.05) is 0 Å². The number of hydrogen-bond donors (Lipinski definition) is 0. The molecule has 0 aromatic heterocycles. The first-order valence-electron chi connectivity index (χ1n) is 4.41. The molecule has 0 aromatic rings. The third-order valence-corrected chi connectivity index (χ3v) is 2.59. The van der Waals surface area contributed by atoms with Crippen LogP contribution in [0.4, 0.5) is 0 Å². The van der Waals surface area contributed by atoms with Crippen LogP contribution in [0.5, 0.6) is 0 Å². The molecule has 1 aliphatic rings. The number of rotatable bonds is 2. The van der Waals surface area contributed by atoms with Crippen molar-refractivity contribution < 1.29 is 4.79 Å². The van der Waals surface area contributed by atoms with Gasteiger partial charge in [0.05, 0.1) is 6.04 Å². The quantitative estimate of drug-likeness (QED) is 0.442. The zero-order valence-electron chi connectivity index (χ0n) is 7.05. The Kier molecular flexibility index (Phi) is 3.31. The Labute approximate surface area is 67.7 Å². The van der Waals surface area contributed by atoms with E-state index in [1.807, 2.05) is 6.92 Å². The van der Waals surface area contributed by atoms with Crippen LogP contribution in [-0.4, -0.2) is 12.1 Å².